The summed E-state index contributed by atoms with van der Waals surface area (Å²) in [6.45, 7) is 15.3. The highest BCUT2D eigenvalue weighted by Gasteiger charge is 2.31. The summed E-state index contributed by atoms with van der Waals surface area (Å²) in [6, 6.07) is 6.60. The van der Waals surface area contributed by atoms with Gasteiger partial charge in [-0.05, 0) is 49.0 Å². The molecule has 1 rings (SSSR count). The third-order valence-corrected chi connectivity index (χ3v) is 6.27. The number of benzene rings is 1. The van der Waals surface area contributed by atoms with Crippen LogP contribution < -0.4 is 21.3 Å². The summed E-state index contributed by atoms with van der Waals surface area (Å²) in [5, 5.41) is 10.9. The lowest BCUT2D eigenvalue weighted by molar-refractivity contribution is -0.143. The second-order valence-corrected chi connectivity index (χ2v) is 11.8. The van der Waals surface area contributed by atoms with Crippen molar-refractivity contribution in [3.05, 3.63) is 48.7 Å². The maximum atomic E-state index is 13.3. The van der Waals surface area contributed by atoms with Crippen LogP contribution in [0.5, 0.6) is 0 Å². The quantitative estimate of drug-likeness (QED) is 0.106. The maximum Gasteiger partial charge on any atom is 0.407 e. The van der Waals surface area contributed by atoms with Crippen molar-refractivity contribution < 1.29 is 33.4 Å². The number of nitrogens with one attached hydrogen (secondary N) is 4. The van der Waals surface area contributed by atoms with E-state index in [-0.39, 0.29) is 43.2 Å². The van der Waals surface area contributed by atoms with Gasteiger partial charge in [-0.1, -0.05) is 78.5 Å². The van der Waals surface area contributed by atoms with E-state index in [9.17, 15) is 24.0 Å². The van der Waals surface area contributed by atoms with E-state index in [1.54, 1.807) is 0 Å². The first-order chi connectivity index (χ1) is 20.3. The fraction of sp³-hybridized carbons (Fsp3) is 0.594. The van der Waals surface area contributed by atoms with Crippen molar-refractivity contribution in [2.75, 3.05) is 6.54 Å². The van der Waals surface area contributed by atoms with Gasteiger partial charge in [0.05, 0.1) is 6.26 Å². The van der Waals surface area contributed by atoms with Crippen molar-refractivity contribution in [1.82, 2.24) is 21.3 Å². The van der Waals surface area contributed by atoms with E-state index in [4.69, 9.17) is 9.47 Å². The molecule has 0 fully saturated rings. The second kappa shape index (κ2) is 20.1. The topological polar surface area (TPSA) is 152 Å². The minimum atomic E-state index is -0.920. The lowest BCUT2D eigenvalue weighted by Gasteiger charge is -2.27. The zero-order chi connectivity index (χ0) is 32.4. The van der Waals surface area contributed by atoms with Crippen LogP contribution in [0.1, 0.15) is 79.2 Å². The monoisotopic (exact) mass is 602 g/mol. The Balaban J connectivity index is 2.73. The van der Waals surface area contributed by atoms with Crippen molar-refractivity contribution in [3.63, 3.8) is 0 Å². The SMILES string of the molecule is C=COC(=O)[C@H](CC(C)C)NC(=O)[C@H](CC(C)C)NC(=O)[C@H](CC(C)C)NC(=O)CCCNC(=O)OCc1ccccc1. The molecule has 0 aromatic heterocycles. The largest absolute Gasteiger partial charge is 0.445 e. The first-order valence-electron chi connectivity index (χ1n) is 15.0. The number of carbonyl (C=O) groups excluding carboxylic acids is 5. The minimum absolute atomic E-state index is 0.0600. The molecule has 11 heteroatoms. The fourth-order valence-corrected chi connectivity index (χ4v) is 4.28. The molecule has 0 bridgehead atoms. The molecule has 0 radical (unpaired) electrons. The van der Waals surface area contributed by atoms with Crippen LogP contribution in [0.4, 0.5) is 4.79 Å². The standard InChI is InChI=1S/C32H50N4O7/c1-8-42-31(40)27(19-23(6)7)36-30(39)26(18-22(4)5)35-29(38)25(17-21(2)3)34-28(37)15-12-16-33-32(41)43-20-24-13-10-9-11-14-24/h8-11,13-14,21-23,25-27H,1,12,15-20H2,2-7H3,(H,33,41)(H,34,37)(H,35,38)(H,36,39)/t25-,26-,27-/m0/s1. The molecule has 0 aliphatic heterocycles. The van der Waals surface area contributed by atoms with E-state index in [1.165, 1.54) is 0 Å². The van der Waals surface area contributed by atoms with Gasteiger partial charge in [-0.15, -0.1) is 0 Å². The van der Waals surface area contributed by atoms with Gasteiger partial charge in [0.15, 0.2) is 0 Å². The number of hydrogen-bond acceptors (Lipinski definition) is 7. The van der Waals surface area contributed by atoms with Gasteiger partial charge in [-0.25, -0.2) is 9.59 Å². The van der Waals surface area contributed by atoms with Crippen molar-refractivity contribution in [1.29, 1.82) is 0 Å². The van der Waals surface area contributed by atoms with E-state index >= 15 is 0 Å². The Labute approximate surface area is 255 Å². The summed E-state index contributed by atoms with van der Waals surface area (Å²) >= 11 is 0. The third kappa shape index (κ3) is 16.4. The molecule has 11 nitrogen and oxygen atoms in total. The summed E-state index contributed by atoms with van der Waals surface area (Å²) in [5.41, 5.74) is 0.866. The number of carbonyl (C=O) groups is 5. The first-order valence-corrected chi connectivity index (χ1v) is 15.0. The normalized spacial score (nSPS) is 13.0. The summed E-state index contributed by atoms with van der Waals surface area (Å²) in [4.78, 5) is 63.6. The van der Waals surface area contributed by atoms with Crippen molar-refractivity contribution in [2.24, 2.45) is 17.8 Å². The molecule has 1 aromatic carbocycles. The molecule has 0 saturated heterocycles. The Bertz CT molecular complexity index is 1040. The summed E-state index contributed by atoms with van der Waals surface area (Å²) in [7, 11) is 0. The first kappa shape index (κ1) is 37.1. The highest BCUT2D eigenvalue weighted by molar-refractivity contribution is 5.93. The molecule has 43 heavy (non-hydrogen) atoms. The van der Waals surface area contributed by atoms with Crippen molar-refractivity contribution in [2.45, 2.75) is 98.4 Å². The van der Waals surface area contributed by atoms with E-state index in [0.29, 0.717) is 25.7 Å². The number of alkyl carbamates (subject to hydrolysis) is 1. The Morgan fingerprint density at radius 3 is 1.81 bits per heavy atom. The van der Waals surface area contributed by atoms with Crippen LogP contribution in [0.3, 0.4) is 0 Å². The molecule has 1 aromatic rings. The summed E-state index contributed by atoms with van der Waals surface area (Å²) in [5.74, 6) is -1.73. The lowest BCUT2D eigenvalue weighted by Crippen LogP contribution is -2.56. The number of hydrogen-bond donors (Lipinski definition) is 4. The predicted molar refractivity (Wildman–Crippen MR) is 164 cm³/mol. The van der Waals surface area contributed by atoms with E-state index in [0.717, 1.165) is 11.8 Å². The predicted octanol–water partition coefficient (Wildman–Crippen LogP) is 3.97. The molecule has 0 aliphatic carbocycles. The highest BCUT2D eigenvalue weighted by atomic mass is 16.5. The zero-order valence-corrected chi connectivity index (χ0v) is 26.4. The Morgan fingerprint density at radius 1 is 0.767 bits per heavy atom. The fourth-order valence-electron chi connectivity index (χ4n) is 4.28. The van der Waals surface area contributed by atoms with Crippen LogP contribution >= 0.6 is 0 Å². The smallest absolute Gasteiger partial charge is 0.407 e. The van der Waals surface area contributed by atoms with Gasteiger partial charge < -0.3 is 30.7 Å². The zero-order valence-electron chi connectivity index (χ0n) is 26.4. The van der Waals surface area contributed by atoms with Gasteiger partial charge in [0.1, 0.15) is 24.7 Å². The van der Waals surface area contributed by atoms with Crippen LogP contribution in [0.15, 0.2) is 43.2 Å². The molecule has 0 saturated carbocycles. The molecule has 240 valence electrons. The minimum Gasteiger partial charge on any atom is -0.445 e. The lowest BCUT2D eigenvalue weighted by atomic mass is 9.99. The van der Waals surface area contributed by atoms with Gasteiger partial charge in [0.25, 0.3) is 0 Å². The molecule has 0 aliphatic rings. The molecule has 4 N–H and O–H groups in total. The molecule has 0 unspecified atom stereocenters. The summed E-state index contributed by atoms with van der Waals surface area (Å²) < 4.78 is 10.1. The molecular weight excluding hydrogens is 552 g/mol. The maximum absolute atomic E-state index is 13.3. The van der Waals surface area contributed by atoms with E-state index in [1.807, 2.05) is 71.9 Å². The second-order valence-electron chi connectivity index (χ2n) is 11.8. The molecule has 4 amide bonds. The highest BCUT2D eigenvalue weighted by Crippen LogP contribution is 2.12. The van der Waals surface area contributed by atoms with Gasteiger partial charge in [-0.2, -0.15) is 0 Å². The molecular formula is C32H50N4O7. The Hall–Kier alpha value is -3.89. The van der Waals surface area contributed by atoms with Crippen LogP contribution in [0, 0.1) is 17.8 Å². The molecule has 0 heterocycles. The Morgan fingerprint density at radius 2 is 1.28 bits per heavy atom. The van der Waals surface area contributed by atoms with Crippen molar-refractivity contribution in [3.8, 4) is 0 Å². The number of rotatable bonds is 19. The van der Waals surface area contributed by atoms with Crippen LogP contribution in [-0.4, -0.2) is 54.5 Å². The molecule has 3 atom stereocenters. The van der Waals surface area contributed by atoms with Crippen LogP contribution in [-0.2, 0) is 35.3 Å². The Kier molecular flexibility index (Phi) is 17.4. The van der Waals surface area contributed by atoms with Gasteiger partial charge in [0.2, 0.25) is 17.7 Å². The van der Waals surface area contributed by atoms with E-state index in [2.05, 4.69) is 27.8 Å². The number of esters is 1. The van der Waals surface area contributed by atoms with Gasteiger partial charge in [-0.3, -0.25) is 14.4 Å². The van der Waals surface area contributed by atoms with Gasteiger partial charge >= 0.3 is 12.1 Å². The number of amides is 4. The van der Waals surface area contributed by atoms with Crippen molar-refractivity contribution >= 4 is 29.8 Å². The van der Waals surface area contributed by atoms with Crippen LogP contribution in [0.25, 0.3) is 0 Å². The third-order valence-electron chi connectivity index (χ3n) is 6.27. The van der Waals surface area contributed by atoms with E-state index < -0.39 is 42.0 Å². The molecule has 0 spiro atoms. The summed E-state index contributed by atoms with van der Waals surface area (Å²) in [6.07, 6.45) is 1.91. The average molecular weight is 603 g/mol. The average Bonchev–Trinajstić information content (AvgIpc) is 2.93. The van der Waals surface area contributed by atoms with Gasteiger partial charge in [0, 0.05) is 13.0 Å². The van der Waals surface area contributed by atoms with Crippen LogP contribution in [0.2, 0.25) is 0 Å². The number of ether oxygens (including phenoxy) is 2.